The van der Waals surface area contributed by atoms with E-state index < -0.39 is 12.4 Å². The molecule has 2 unspecified atom stereocenters. The van der Waals surface area contributed by atoms with Crippen molar-refractivity contribution in [3.05, 3.63) is 48.3 Å². The lowest BCUT2D eigenvalue weighted by atomic mass is 9.93. The maximum absolute atomic E-state index is 13.0. The zero-order chi connectivity index (χ0) is 26.4. The third-order valence-corrected chi connectivity index (χ3v) is 7.13. The molecule has 37 heavy (non-hydrogen) atoms. The summed E-state index contributed by atoms with van der Waals surface area (Å²) in [6, 6.07) is 9.54. The quantitative estimate of drug-likeness (QED) is 0.588. The molecule has 202 valence electrons. The zero-order valence-electron chi connectivity index (χ0n) is 21.3. The Kier molecular flexibility index (Phi) is 8.73. The Balaban J connectivity index is 1.19. The number of nitrogens with one attached hydrogen (secondary N) is 1. The number of hydrogen-bond donors (Lipinski definition) is 1. The van der Waals surface area contributed by atoms with Crippen molar-refractivity contribution in [1.82, 2.24) is 25.1 Å². The molecule has 0 saturated carbocycles. The third-order valence-electron chi connectivity index (χ3n) is 7.13. The molecule has 0 bridgehead atoms. The number of ether oxygens (including phenoxy) is 1. The summed E-state index contributed by atoms with van der Waals surface area (Å²) in [5.74, 6) is 0.614. The molecule has 11 heteroatoms. The lowest BCUT2D eigenvalue weighted by molar-refractivity contribution is -0.277. The van der Waals surface area contributed by atoms with Crippen LogP contribution in [0.5, 0.6) is 6.01 Å². The van der Waals surface area contributed by atoms with Gasteiger partial charge in [0.15, 0.2) is 0 Å². The van der Waals surface area contributed by atoms with E-state index in [2.05, 4.69) is 49.2 Å². The molecule has 0 spiro atoms. The molecule has 4 rings (SSSR count). The van der Waals surface area contributed by atoms with Crippen molar-refractivity contribution in [2.24, 2.45) is 5.92 Å². The molecule has 1 aromatic carbocycles. The molecule has 2 atom stereocenters. The number of benzene rings is 1. The summed E-state index contributed by atoms with van der Waals surface area (Å²) in [5, 5.41) is 3.10. The third kappa shape index (κ3) is 7.70. The average Bonchev–Trinajstić information content (AvgIpc) is 2.85. The van der Waals surface area contributed by atoms with Crippen molar-refractivity contribution in [3.8, 4) is 6.01 Å². The number of carbonyl (C=O) groups is 1. The van der Waals surface area contributed by atoms with E-state index in [0.29, 0.717) is 31.2 Å². The Morgan fingerprint density at radius 3 is 2.27 bits per heavy atom. The first kappa shape index (κ1) is 27.0. The van der Waals surface area contributed by atoms with Crippen molar-refractivity contribution in [2.75, 3.05) is 37.6 Å². The Hall–Kier alpha value is -3.08. The van der Waals surface area contributed by atoms with Crippen molar-refractivity contribution in [1.29, 1.82) is 0 Å². The number of halogens is 3. The van der Waals surface area contributed by atoms with Crippen LogP contribution in [0.15, 0.2) is 42.7 Å². The van der Waals surface area contributed by atoms with Gasteiger partial charge in [-0.15, -0.1) is 13.2 Å². The molecule has 0 radical (unpaired) electrons. The van der Waals surface area contributed by atoms with Gasteiger partial charge in [0.25, 0.3) is 0 Å². The van der Waals surface area contributed by atoms with Crippen LogP contribution in [0.4, 0.5) is 23.7 Å². The highest BCUT2D eigenvalue weighted by Crippen LogP contribution is 2.25. The molecule has 2 amide bonds. The molecule has 1 aromatic heterocycles. The second-order valence-electron chi connectivity index (χ2n) is 10.0. The second kappa shape index (κ2) is 12.0. The maximum atomic E-state index is 13.0. The van der Waals surface area contributed by atoms with E-state index in [0.717, 1.165) is 38.9 Å². The lowest BCUT2D eigenvalue weighted by Gasteiger charge is -2.45. The van der Waals surface area contributed by atoms with Crippen molar-refractivity contribution in [2.45, 2.75) is 58.1 Å². The standard InChI is InChI=1S/C26H35F3N6O2/c1-19-16-34(23-14-31-24(32-15-23)37-26(27,28)29)17-20(2)35(19)25(36)30-11-8-21-9-12-33(13-10-21)18-22-6-4-3-5-7-22/h3-7,14-15,19-21H,8-13,16-18H2,1-2H3,(H,30,36). The topological polar surface area (TPSA) is 73.8 Å². The molecule has 2 fully saturated rings. The fraction of sp³-hybridized carbons (Fsp3) is 0.577. The molecule has 1 N–H and O–H groups in total. The number of piperazine rings is 1. The minimum Gasteiger partial charge on any atom is -0.371 e. The van der Waals surface area contributed by atoms with Crippen molar-refractivity contribution < 1.29 is 22.7 Å². The summed E-state index contributed by atoms with van der Waals surface area (Å²) in [6.45, 7) is 8.79. The van der Waals surface area contributed by atoms with Gasteiger partial charge >= 0.3 is 18.4 Å². The van der Waals surface area contributed by atoms with Crippen LogP contribution in [0.3, 0.4) is 0 Å². The number of carbonyl (C=O) groups excluding carboxylic acids is 1. The summed E-state index contributed by atoms with van der Waals surface area (Å²) < 4.78 is 40.8. The van der Waals surface area contributed by atoms with Gasteiger partial charge in [-0.2, -0.15) is 0 Å². The number of rotatable bonds is 7. The summed E-state index contributed by atoms with van der Waals surface area (Å²) in [4.78, 5) is 26.6. The predicted octanol–water partition coefficient (Wildman–Crippen LogP) is 4.29. The molecule has 2 saturated heterocycles. The first-order valence-electron chi connectivity index (χ1n) is 12.8. The van der Waals surface area contributed by atoms with Crippen LogP contribution < -0.4 is 15.0 Å². The molecule has 3 heterocycles. The van der Waals surface area contributed by atoms with Crippen LogP contribution in [-0.4, -0.2) is 77.0 Å². The summed E-state index contributed by atoms with van der Waals surface area (Å²) in [5.41, 5.74) is 1.93. The van der Waals surface area contributed by atoms with Gasteiger partial charge in [-0.25, -0.2) is 14.8 Å². The zero-order valence-corrected chi connectivity index (χ0v) is 21.3. The summed E-state index contributed by atoms with van der Waals surface area (Å²) >= 11 is 0. The lowest BCUT2D eigenvalue weighted by Crippen LogP contribution is -2.61. The van der Waals surface area contributed by atoms with Crippen LogP contribution in [0.25, 0.3) is 0 Å². The fourth-order valence-corrected chi connectivity index (χ4v) is 5.31. The van der Waals surface area contributed by atoms with E-state index in [9.17, 15) is 18.0 Å². The molecule has 2 aliphatic rings. The summed E-state index contributed by atoms with van der Waals surface area (Å²) in [6.07, 6.45) is 1.05. The van der Waals surface area contributed by atoms with Gasteiger partial charge in [-0.05, 0) is 57.7 Å². The van der Waals surface area contributed by atoms with Crippen LogP contribution in [0.1, 0.15) is 38.7 Å². The molecule has 0 aliphatic carbocycles. The molecule has 2 aliphatic heterocycles. The number of aromatic nitrogens is 2. The maximum Gasteiger partial charge on any atom is 0.575 e. The largest absolute Gasteiger partial charge is 0.575 e. The normalized spacial score (nSPS) is 21.6. The fourth-order valence-electron chi connectivity index (χ4n) is 5.31. The van der Waals surface area contributed by atoms with E-state index in [1.165, 1.54) is 18.0 Å². The summed E-state index contributed by atoms with van der Waals surface area (Å²) in [7, 11) is 0. The minimum atomic E-state index is -4.83. The molecule has 8 nitrogen and oxygen atoms in total. The first-order valence-corrected chi connectivity index (χ1v) is 12.8. The number of anilines is 1. The number of amides is 2. The van der Waals surface area contributed by atoms with Crippen molar-refractivity contribution in [3.63, 3.8) is 0 Å². The van der Waals surface area contributed by atoms with Crippen LogP contribution in [0.2, 0.25) is 0 Å². The van der Waals surface area contributed by atoms with E-state index >= 15 is 0 Å². The number of likely N-dealkylation sites (tertiary alicyclic amines) is 1. The van der Waals surface area contributed by atoms with E-state index in [4.69, 9.17) is 0 Å². The van der Waals surface area contributed by atoms with E-state index in [1.807, 2.05) is 29.7 Å². The Labute approximate surface area is 215 Å². The van der Waals surface area contributed by atoms with E-state index in [-0.39, 0.29) is 18.1 Å². The van der Waals surface area contributed by atoms with E-state index in [1.54, 1.807) is 0 Å². The number of nitrogens with zero attached hydrogens (tertiary/aromatic N) is 5. The van der Waals surface area contributed by atoms with Gasteiger partial charge in [-0.3, -0.25) is 4.90 Å². The predicted molar refractivity (Wildman–Crippen MR) is 134 cm³/mol. The number of hydrogen-bond acceptors (Lipinski definition) is 6. The minimum absolute atomic E-state index is 0.0775. The first-order chi connectivity index (χ1) is 17.7. The van der Waals surface area contributed by atoms with Gasteiger partial charge in [0.1, 0.15) is 0 Å². The SMILES string of the molecule is CC1CN(c2cnc(OC(F)(F)F)nc2)CC(C)N1C(=O)NCCC1CCN(Cc2ccccc2)CC1. The molecule has 2 aromatic rings. The number of alkyl halides is 3. The monoisotopic (exact) mass is 520 g/mol. The van der Waals surface area contributed by atoms with Gasteiger partial charge in [0, 0.05) is 38.3 Å². The smallest absolute Gasteiger partial charge is 0.371 e. The Morgan fingerprint density at radius 2 is 1.68 bits per heavy atom. The highest BCUT2D eigenvalue weighted by atomic mass is 19.4. The van der Waals surface area contributed by atoms with Crippen LogP contribution in [-0.2, 0) is 6.54 Å². The van der Waals surface area contributed by atoms with Crippen molar-refractivity contribution >= 4 is 11.7 Å². The molecular formula is C26H35F3N6O2. The van der Waals surface area contributed by atoms with Crippen LogP contribution >= 0.6 is 0 Å². The Morgan fingerprint density at radius 1 is 1.05 bits per heavy atom. The van der Waals surface area contributed by atoms with Gasteiger partial charge in [0.05, 0.1) is 18.1 Å². The highest BCUT2D eigenvalue weighted by Gasteiger charge is 2.34. The average molecular weight is 521 g/mol. The van der Waals surface area contributed by atoms with Gasteiger partial charge < -0.3 is 19.9 Å². The second-order valence-corrected chi connectivity index (χ2v) is 10.0. The number of urea groups is 1. The number of piperidine rings is 1. The Bertz CT molecular complexity index is 988. The highest BCUT2D eigenvalue weighted by molar-refractivity contribution is 5.75. The van der Waals surface area contributed by atoms with Crippen LogP contribution in [0, 0.1) is 5.92 Å². The van der Waals surface area contributed by atoms with Gasteiger partial charge in [0.2, 0.25) is 0 Å². The van der Waals surface area contributed by atoms with Gasteiger partial charge in [-0.1, -0.05) is 30.3 Å². The molecular weight excluding hydrogens is 485 g/mol.